The minimum absolute atomic E-state index is 0.0313. The van der Waals surface area contributed by atoms with Crippen LogP contribution < -0.4 is 19.7 Å². The van der Waals surface area contributed by atoms with Crippen LogP contribution in [0.5, 0.6) is 11.5 Å². The lowest BCUT2D eigenvalue weighted by atomic mass is 9.78. The third-order valence-corrected chi connectivity index (χ3v) is 8.02. The minimum Gasteiger partial charge on any atom is -0.493 e. The van der Waals surface area contributed by atoms with Crippen molar-refractivity contribution >= 4 is 23.1 Å². The van der Waals surface area contributed by atoms with E-state index in [0.29, 0.717) is 36.3 Å². The fraction of sp³-hybridized carbons (Fsp3) is 0.353. The molecule has 0 bridgehead atoms. The van der Waals surface area contributed by atoms with Crippen molar-refractivity contribution in [3.05, 3.63) is 94.7 Å². The van der Waals surface area contributed by atoms with Gasteiger partial charge in [-0.1, -0.05) is 67.8 Å². The van der Waals surface area contributed by atoms with Gasteiger partial charge in [0.2, 0.25) is 5.91 Å². The van der Waals surface area contributed by atoms with Crippen molar-refractivity contribution < 1.29 is 19.1 Å². The fourth-order valence-electron chi connectivity index (χ4n) is 5.92. The van der Waals surface area contributed by atoms with Crippen molar-refractivity contribution in [1.29, 1.82) is 0 Å². The molecule has 40 heavy (non-hydrogen) atoms. The molecule has 5 rings (SSSR count). The van der Waals surface area contributed by atoms with E-state index in [0.717, 1.165) is 53.0 Å². The number of hydrogen-bond donors (Lipinski definition) is 1. The smallest absolute Gasteiger partial charge is 0.227 e. The number of allylic oxidation sites excluding steroid dienone is 1. The van der Waals surface area contributed by atoms with Gasteiger partial charge in [0.1, 0.15) is 0 Å². The molecular weight excluding hydrogens is 500 g/mol. The zero-order valence-corrected chi connectivity index (χ0v) is 23.8. The average Bonchev–Trinajstić information content (AvgIpc) is 3.12. The van der Waals surface area contributed by atoms with Crippen LogP contribution in [-0.4, -0.2) is 25.9 Å². The molecule has 3 aromatic rings. The highest BCUT2D eigenvalue weighted by Crippen LogP contribution is 2.48. The number of nitrogens with zero attached hydrogens (tertiary/aromatic N) is 1. The maximum absolute atomic E-state index is 14.2. The zero-order chi connectivity index (χ0) is 28.2. The molecule has 2 atom stereocenters. The number of carbonyl (C=O) groups is 2. The van der Waals surface area contributed by atoms with Gasteiger partial charge < -0.3 is 14.8 Å². The van der Waals surface area contributed by atoms with Crippen LogP contribution in [0.1, 0.15) is 74.1 Å². The van der Waals surface area contributed by atoms with Gasteiger partial charge in [0.15, 0.2) is 17.3 Å². The van der Waals surface area contributed by atoms with Crippen LogP contribution in [0.4, 0.5) is 11.4 Å². The summed E-state index contributed by atoms with van der Waals surface area (Å²) in [6, 6.07) is 21.5. The molecule has 208 valence electrons. The number of fused-ring (bicyclic) bond motifs is 1. The van der Waals surface area contributed by atoms with Gasteiger partial charge in [0.25, 0.3) is 0 Å². The van der Waals surface area contributed by atoms with Crippen LogP contribution in [0.15, 0.2) is 78.0 Å². The number of aryl methyl sites for hydroxylation is 1. The number of para-hydroxylation sites is 2. The number of ether oxygens (including phenoxy) is 2. The lowest BCUT2D eigenvalue weighted by molar-refractivity contribution is -0.119. The molecular formula is C34H38N2O4. The summed E-state index contributed by atoms with van der Waals surface area (Å²) in [6.45, 7) is 4.18. The summed E-state index contributed by atoms with van der Waals surface area (Å²) >= 11 is 0. The van der Waals surface area contributed by atoms with Crippen LogP contribution >= 0.6 is 0 Å². The van der Waals surface area contributed by atoms with Gasteiger partial charge in [-0.25, -0.2) is 0 Å². The number of carbonyl (C=O) groups excluding carboxylic acids is 2. The Morgan fingerprint density at radius 1 is 0.925 bits per heavy atom. The van der Waals surface area contributed by atoms with E-state index in [1.165, 1.54) is 0 Å². The number of amides is 1. The number of benzene rings is 3. The summed E-state index contributed by atoms with van der Waals surface area (Å²) in [5.74, 6) is 1.37. The van der Waals surface area contributed by atoms with Crippen LogP contribution in [-0.2, 0) is 9.59 Å². The molecule has 0 saturated heterocycles. The van der Waals surface area contributed by atoms with E-state index in [1.807, 2.05) is 54.3 Å². The van der Waals surface area contributed by atoms with E-state index in [4.69, 9.17) is 9.47 Å². The topological polar surface area (TPSA) is 67.9 Å². The van der Waals surface area contributed by atoms with Gasteiger partial charge in [-0.05, 0) is 61.1 Å². The highest BCUT2D eigenvalue weighted by atomic mass is 16.5. The molecule has 0 radical (unpaired) electrons. The Balaban J connectivity index is 1.64. The lowest BCUT2D eigenvalue weighted by Crippen LogP contribution is -2.38. The van der Waals surface area contributed by atoms with Gasteiger partial charge in [-0.2, -0.15) is 0 Å². The lowest BCUT2D eigenvalue weighted by Gasteiger charge is -2.35. The van der Waals surface area contributed by atoms with E-state index >= 15 is 0 Å². The molecule has 1 heterocycles. The monoisotopic (exact) mass is 538 g/mol. The Morgan fingerprint density at radius 2 is 1.65 bits per heavy atom. The summed E-state index contributed by atoms with van der Waals surface area (Å²) in [4.78, 5) is 30.0. The van der Waals surface area contributed by atoms with Gasteiger partial charge in [0.05, 0.1) is 31.6 Å². The summed E-state index contributed by atoms with van der Waals surface area (Å²) in [7, 11) is 3.24. The molecule has 6 heteroatoms. The van der Waals surface area contributed by atoms with E-state index in [-0.39, 0.29) is 17.6 Å². The van der Waals surface area contributed by atoms with Gasteiger partial charge in [0, 0.05) is 24.1 Å². The Bertz CT molecular complexity index is 1430. The van der Waals surface area contributed by atoms with Crippen LogP contribution in [0.25, 0.3) is 0 Å². The Kier molecular flexibility index (Phi) is 8.24. The van der Waals surface area contributed by atoms with Crippen molar-refractivity contribution in [2.45, 2.75) is 64.3 Å². The first kappa shape index (κ1) is 27.5. The summed E-state index contributed by atoms with van der Waals surface area (Å²) in [6.07, 6.45) is 4.29. The van der Waals surface area contributed by atoms with Crippen molar-refractivity contribution in [3.8, 4) is 11.5 Å². The van der Waals surface area contributed by atoms with E-state index in [1.54, 1.807) is 14.2 Å². The second-order valence-electron chi connectivity index (χ2n) is 10.7. The first-order valence-electron chi connectivity index (χ1n) is 14.2. The third-order valence-electron chi connectivity index (χ3n) is 8.02. The highest BCUT2D eigenvalue weighted by Gasteiger charge is 2.41. The third kappa shape index (κ3) is 5.35. The maximum Gasteiger partial charge on any atom is 0.227 e. The number of unbranched alkanes of at least 4 members (excludes halogenated alkanes) is 2. The quantitative estimate of drug-likeness (QED) is 0.301. The molecule has 1 aliphatic carbocycles. The Morgan fingerprint density at radius 3 is 2.38 bits per heavy atom. The number of nitrogens with one attached hydrogen (secondary N) is 1. The number of anilines is 2. The predicted molar refractivity (Wildman–Crippen MR) is 159 cm³/mol. The first-order chi connectivity index (χ1) is 19.4. The normalized spacial score (nSPS) is 18.4. The molecule has 1 N–H and O–H groups in total. The molecule has 6 nitrogen and oxygen atoms in total. The van der Waals surface area contributed by atoms with Crippen LogP contribution in [0.3, 0.4) is 0 Å². The number of hydrogen-bond acceptors (Lipinski definition) is 5. The zero-order valence-electron chi connectivity index (χ0n) is 23.8. The maximum atomic E-state index is 14.2. The molecule has 2 aliphatic rings. The number of ketones is 1. The highest BCUT2D eigenvalue weighted by molar-refractivity contribution is 6.06. The van der Waals surface area contributed by atoms with Gasteiger partial charge in [-0.3, -0.25) is 14.5 Å². The van der Waals surface area contributed by atoms with Crippen molar-refractivity contribution in [3.63, 3.8) is 0 Å². The van der Waals surface area contributed by atoms with Crippen LogP contribution in [0.2, 0.25) is 0 Å². The van der Waals surface area contributed by atoms with E-state index < -0.39 is 6.04 Å². The van der Waals surface area contributed by atoms with Crippen molar-refractivity contribution in [2.24, 2.45) is 0 Å². The van der Waals surface area contributed by atoms with E-state index in [2.05, 4.69) is 36.5 Å². The summed E-state index contributed by atoms with van der Waals surface area (Å²) < 4.78 is 11.0. The number of methoxy groups -OCH3 is 2. The van der Waals surface area contributed by atoms with Gasteiger partial charge in [-0.15, -0.1) is 0 Å². The molecule has 0 spiro atoms. The molecule has 0 fully saturated rings. The SMILES string of the molecule is CCCCCC(=O)N1c2ccccc2NC2=C(C(=O)C[C@@H](c3ccc(OC)c(OC)c3)C2)[C@H]1c1ccc(C)cc1. The molecule has 0 aromatic heterocycles. The van der Waals surface area contributed by atoms with Crippen LogP contribution in [0, 0.1) is 6.92 Å². The van der Waals surface area contributed by atoms with Crippen molar-refractivity contribution in [2.75, 3.05) is 24.4 Å². The largest absolute Gasteiger partial charge is 0.493 e. The van der Waals surface area contributed by atoms with Crippen molar-refractivity contribution in [1.82, 2.24) is 0 Å². The summed E-state index contributed by atoms with van der Waals surface area (Å²) in [5.41, 5.74) is 6.30. The molecule has 0 saturated carbocycles. The fourth-order valence-corrected chi connectivity index (χ4v) is 5.92. The standard InChI is InChI=1S/C34H38N2O4/c1-5-6-7-12-32(38)36-28-11-9-8-10-26(28)35-27-19-25(24-17-18-30(39-3)31(21-24)40-4)20-29(37)33(27)34(36)23-15-13-22(2)14-16-23/h8-11,13-18,21,25,34-35H,5-7,12,19-20H2,1-4H3/t25-,34+/m0/s1. The molecule has 1 amide bonds. The van der Waals surface area contributed by atoms with E-state index in [9.17, 15) is 9.59 Å². The number of rotatable bonds is 8. The first-order valence-corrected chi connectivity index (χ1v) is 14.2. The Hall–Kier alpha value is -4.06. The van der Waals surface area contributed by atoms with Gasteiger partial charge >= 0.3 is 0 Å². The minimum atomic E-state index is -0.500. The second kappa shape index (κ2) is 12.0. The molecule has 0 unspecified atom stereocenters. The average molecular weight is 539 g/mol. The number of Topliss-reactive ketones (excluding diaryl/α,β-unsaturated/α-hetero) is 1. The Labute approximate surface area is 237 Å². The molecule has 1 aliphatic heterocycles. The molecule has 3 aromatic carbocycles. The predicted octanol–water partition coefficient (Wildman–Crippen LogP) is 7.49. The second-order valence-corrected chi connectivity index (χ2v) is 10.7. The summed E-state index contributed by atoms with van der Waals surface area (Å²) in [5, 5.41) is 3.61.